The molecular formula is C37H40FN3O5S. The molecule has 4 aromatic carbocycles. The Balaban J connectivity index is 1.59. The maximum Gasteiger partial charge on any atom is 0.264 e. The fourth-order valence-electron chi connectivity index (χ4n) is 5.94. The van der Waals surface area contributed by atoms with Gasteiger partial charge in [0.25, 0.3) is 10.0 Å². The number of ether oxygens (including phenoxy) is 1. The maximum absolute atomic E-state index is 14.7. The molecule has 0 radical (unpaired) electrons. The van der Waals surface area contributed by atoms with E-state index in [0.717, 1.165) is 41.1 Å². The molecule has 0 bridgehead atoms. The number of sulfonamides is 1. The molecule has 1 aliphatic rings. The van der Waals surface area contributed by atoms with Crippen LogP contribution >= 0.6 is 0 Å². The maximum atomic E-state index is 14.7. The number of halogens is 1. The summed E-state index contributed by atoms with van der Waals surface area (Å²) in [6.45, 7) is 1.17. The van der Waals surface area contributed by atoms with Crippen LogP contribution in [0.5, 0.6) is 5.75 Å². The van der Waals surface area contributed by atoms with Crippen molar-refractivity contribution in [3.05, 3.63) is 126 Å². The number of carbonyl (C=O) groups excluding carboxylic acids is 2. The van der Waals surface area contributed by atoms with Crippen LogP contribution in [0, 0.1) is 12.7 Å². The Morgan fingerprint density at radius 2 is 1.53 bits per heavy atom. The average Bonchev–Trinajstić information content (AvgIpc) is 3.59. The van der Waals surface area contributed by atoms with Crippen molar-refractivity contribution in [3.63, 3.8) is 0 Å². The van der Waals surface area contributed by atoms with Crippen LogP contribution in [0.4, 0.5) is 10.1 Å². The molecule has 0 heterocycles. The monoisotopic (exact) mass is 657 g/mol. The van der Waals surface area contributed by atoms with Gasteiger partial charge in [0, 0.05) is 19.0 Å². The van der Waals surface area contributed by atoms with Gasteiger partial charge in [-0.25, -0.2) is 12.8 Å². The van der Waals surface area contributed by atoms with E-state index in [1.165, 1.54) is 36.3 Å². The lowest BCUT2D eigenvalue weighted by atomic mass is 10.0. The van der Waals surface area contributed by atoms with E-state index in [1.807, 2.05) is 37.3 Å². The molecule has 10 heteroatoms. The van der Waals surface area contributed by atoms with E-state index < -0.39 is 34.3 Å². The predicted molar refractivity (Wildman–Crippen MR) is 180 cm³/mol. The lowest BCUT2D eigenvalue weighted by Gasteiger charge is -2.34. The zero-order chi connectivity index (χ0) is 33.4. The molecule has 1 atom stereocenters. The summed E-state index contributed by atoms with van der Waals surface area (Å²) >= 11 is 0. The molecule has 1 N–H and O–H groups in total. The van der Waals surface area contributed by atoms with Crippen molar-refractivity contribution < 1.29 is 27.1 Å². The first-order chi connectivity index (χ1) is 22.7. The molecule has 246 valence electrons. The molecule has 0 aliphatic heterocycles. The van der Waals surface area contributed by atoms with Gasteiger partial charge in [0.15, 0.2) is 0 Å². The van der Waals surface area contributed by atoms with Gasteiger partial charge in [-0.05, 0) is 72.9 Å². The van der Waals surface area contributed by atoms with Crippen molar-refractivity contribution in [2.24, 2.45) is 0 Å². The van der Waals surface area contributed by atoms with Crippen molar-refractivity contribution in [1.29, 1.82) is 0 Å². The third-order valence-electron chi connectivity index (χ3n) is 8.45. The summed E-state index contributed by atoms with van der Waals surface area (Å²) in [5.74, 6) is -1.08. The van der Waals surface area contributed by atoms with Gasteiger partial charge in [0.2, 0.25) is 11.8 Å². The first kappa shape index (κ1) is 33.7. The highest BCUT2D eigenvalue weighted by Gasteiger charge is 2.36. The summed E-state index contributed by atoms with van der Waals surface area (Å²) in [6.07, 6.45) is 3.93. The van der Waals surface area contributed by atoms with Crippen LogP contribution in [0.2, 0.25) is 0 Å². The largest absolute Gasteiger partial charge is 0.495 e. The van der Waals surface area contributed by atoms with Crippen molar-refractivity contribution in [2.75, 3.05) is 18.0 Å². The van der Waals surface area contributed by atoms with Crippen LogP contribution < -0.4 is 14.4 Å². The first-order valence-corrected chi connectivity index (χ1v) is 17.2. The lowest BCUT2D eigenvalue weighted by Crippen LogP contribution is -2.54. The third kappa shape index (κ3) is 8.37. The number of hydrogen-bond acceptors (Lipinski definition) is 5. The molecule has 1 saturated carbocycles. The molecular weight excluding hydrogens is 617 g/mol. The summed E-state index contributed by atoms with van der Waals surface area (Å²) in [7, 11) is -2.84. The van der Waals surface area contributed by atoms with Crippen LogP contribution in [-0.2, 0) is 32.6 Å². The minimum absolute atomic E-state index is 0.00116. The summed E-state index contributed by atoms with van der Waals surface area (Å²) in [5, 5.41) is 3.15. The second-order valence-electron chi connectivity index (χ2n) is 11.8. The topological polar surface area (TPSA) is 96.0 Å². The molecule has 0 aromatic heterocycles. The zero-order valence-corrected chi connectivity index (χ0v) is 27.5. The van der Waals surface area contributed by atoms with E-state index in [2.05, 4.69) is 5.32 Å². The van der Waals surface area contributed by atoms with E-state index in [1.54, 1.807) is 48.5 Å². The number of anilines is 1. The van der Waals surface area contributed by atoms with Crippen molar-refractivity contribution in [3.8, 4) is 5.75 Å². The van der Waals surface area contributed by atoms with Crippen molar-refractivity contribution >= 4 is 27.5 Å². The molecule has 2 amide bonds. The Labute approximate surface area is 276 Å². The van der Waals surface area contributed by atoms with E-state index in [-0.39, 0.29) is 41.2 Å². The van der Waals surface area contributed by atoms with E-state index in [4.69, 9.17) is 4.74 Å². The fraction of sp³-hybridized carbons (Fsp3) is 0.297. The van der Waals surface area contributed by atoms with Crippen LogP contribution in [0.1, 0.15) is 42.4 Å². The highest BCUT2D eigenvalue weighted by molar-refractivity contribution is 7.92. The second-order valence-corrected chi connectivity index (χ2v) is 13.7. The predicted octanol–water partition coefficient (Wildman–Crippen LogP) is 6.04. The molecule has 47 heavy (non-hydrogen) atoms. The van der Waals surface area contributed by atoms with Crippen LogP contribution in [0.15, 0.2) is 108 Å². The number of hydrogen-bond donors (Lipinski definition) is 1. The van der Waals surface area contributed by atoms with Gasteiger partial charge in [-0.2, -0.15) is 0 Å². The molecule has 1 aliphatic carbocycles. The standard InChI is InChI=1S/C37H40FN3O5S/c1-27-17-22-35(46-2)33(23-27)41(47(44,45)32-15-7-4-8-16-32)26-36(42)40(25-29-18-20-30(38)21-19-29)34(24-28-11-5-3-6-12-28)37(43)39-31-13-9-10-14-31/h3-8,11-12,15-23,31,34H,9-10,13-14,24-26H2,1-2H3,(H,39,43)/t34-/m1/s1. The van der Waals surface area contributed by atoms with Gasteiger partial charge in [-0.15, -0.1) is 0 Å². The highest BCUT2D eigenvalue weighted by Crippen LogP contribution is 2.34. The Kier molecular flexibility index (Phi) is 10.9. The highest BCUT2D eigenvalue weighted by atomic mass is 32.2. The smallest absolute Gasteiger partial charge is 0.264 e. The molecule has 1 fully saturated rings. The number of aryl methyl sites for hydroxylation is 1. The van der Waals surface area contributed by atoms with Gasteiger partial charge in [0.05, 0.1) is 17.7 Å². The molecule has 8 nitrogen and oxygen atoms in total. The molecule has 5 rings (SSSR count). The normalized spacial score (nSPS) is 13.9. The van der Waals surface area contributed by atoms with Gasteiger partial charge in [-0.1, -0.05) is 79.6 Å². The second kappa shape index (κ2) is 15.3. The summed E-state index contributed by atoms with van der Waals surface area (Å²) < 4.78 is 49.1. The number of nitrogens with one attached hydrogen (secondary N) is 1. The Bertz CT molecular complexity index is 1760. The van der Waals surface area contributed by atoms with Crippen LogP contribution in [0.25, 0.3) is 0 Å². The van der Waals surface area contributed by atoms with E-state index in [0.29, 0.717) is 5.56 Å². The molecule has 4 aromatic rings. The lowest BCUT2D eigenvalue weighted by molar-refractivity contribution is -0.140. The Hall–Kier alpha value is -4.70. The number of nitrogens with zero attached hydrogens (tertiary/aromatic N) is 2. The van der Waals surface area contributed by atoms with Crippen LogP contribution in [-0.4, -0.2) is 50.9 Å². The number of methoxy groups -OCH3 is 1. The minimum atomic E-state index is -4.28. The van der Waals surface area contributed by atoms with Gasteiger partial charge >= 0.3 is 0 Å². The number of amides is 2. The number of benzene rings is 4. The quantitative estimate of drug-likeness (QED) is 0.189. The Morgan fingerprint density at radius 1 is 0.894 bits per heavy atom. The van der Waals surface area contributed by atoms with E-state index >= 15 is 0 Å². The number of rotatable bonds is 13. The summed E-state index contributed by atoms with van der Waals surface area (Å²) in [5.41, 5.74) is 2.39. The summed E-state index contributed by atoms with van der Waals surface area (Å²) in [6, 6.07) is 27.1. The molecule has 0 saturated heterocycles. The third-order valence-corrected chi connectivity index (χ3v) is 10.2. The van der Waals surface area contributed by atoms with Gasteiger partial charge in [0.1, 0.15) is 24.2 Å². The van der Waals surface area contributed by atoms with Gasteiger partial charge in [-0.3, -0.25) is 13.9 Å². The first-order valence-electron chi connectivity index (χ1n) is 15.8. The fourth-order valence-corrected chi connectivity index (χ4v) is 7.37. The average molecular weight is 658 g/mol. The zero-order valence-electron chi connectivity index (χ0n) is 26.6. The van der Waals surface area contributed by atoms with E-state index in [9.17, 15) is 22.4 Å². The van der Waals surface area contributed by atoms with Crippen molar-refractivity contribution in [1.82, 2.24) is 10.2 Å². The van der Waals surface area contributed by atoms with Crippen LogP contribution in [0.3, 0.4) is 0 Å². The SMILES string of the molecule is COc1ccc(C)cc1N(CC(=O)N(Cc1ccc(F)cc1)[C@H](Cc1ccccc1)C(=O)NC1CCCC1)S(=O)(=O)c1ccccc1. The van der Waals surface area contributed by atoms with Gasteiger partial charge < -0.3 is 15.0 Å². The number of carbonyl (C=O) groups is 2. The van der Waals surface area contributed by atoms with Crippen molar-refractivity contribution in [2.45, 2.75) is 62.6 Å². The molecule has 0 unspecified atom stereocenters. The molecule has 0 spiro atoms. The Morgan fingerprint density at radius 3 is 2.17 bits per heavy atom. The minimum Gasteiger partial charge on any atom is -0.495 e. The summed E-state index contributed by atoms with van der Waals surface area (Å²) in [4.78, 5) is 30.2.